The number of hydrogen-bond donors (Lipinski definition) is 2. The molecule has 1 atom stereocenters. The molecule has 0 saturated carbocycles. The number of amides is 1. The molecule has 1 unspecified atom stereocenters. The fourth-order valence-corrected chi connectivity index (χ4v) is 3.27. The number of hydrogen-bond acceptors (Lipinski definition) is 6. The van der Waals surface area contributed by atoms with Crippen LogP contribution in [-0.2, 0) is 16.9 Å². The minimum Gasteiger partial charge on any atom is -0.379 e. The minimum absolute atomic E-state index is 0.0673. The molecular weight excluding hydrogens is 349 g/mol. The van der Waals surface area contributed by atoms with Crippen molar-refractivity contribution in [2.45, 2.75) is 39.8 Å². The van der Waals surface area contributed by atoms with Crippen LogP contribution in [-0.4, -0.2) is 29.0 Å². The number of nitrogens with one attached hydrogen (secondary N) is 1. The molecule has 3 N–H and O–H groups in total. The van der Waals surface area contributed by atoms with E-state index >= 15 is 0 Å². The lowest BCUT2D eigenvalue weighted by Crippen LogP contribution is -2.58. The minimum atomic E-state index is -1.15. The molecular formula is C19H24FN5O2. The maximum Gasteiger partial charge on any atom is 0.237 e. The Balaban J connectivity index is 1.99. The molecule has 0 spiro atoms. The topological polar surface area (TPSA) is 96.8 Å². The van der Waals surface area contributed by atoms with Crippen molar-refractivity contribution in [1.82, 2.24) is 10.1 Å². The summed E-state index contributed by atoms with van der Waals surface area (Å²) in [4.78, 5) is 18.6. The van der Waals surface area contributed by atoms with Gasteiger partial charge in [0.05, 0.1) is 12.0 Å². The molecule has 0 saturated heterocycles. The predicted octanol–water partition coefficient (Wildman–Crippen LogP) is 2.76. The van der Waals surface area contributed by atoms with Crippen LogP contribution in [0.3, 0.4) is 0 Å². The number of aromatic nitrogens is 1. The zero-order valence-corrected chi connectivity index (χ0v) is 16.1. The second kappa shape index (κ2) is 6.37. The summed E-state index contributed by atoms with van der Waals surface area (Å²) in [7, 11) is 1.57. The number of halogens is 1. The maximum atomic E-state index is 14.8. The van der Waals surface area contributed by atoms with Crippen LogP contribution < -0.4 is 11.1 Å². The molecule has 7 nitrogen and oxygen atoms in total. The Bertz CT molecular complexity index is 921. The first-order chi connectivity index (χ1) is 12.6. The van der Waals surface area contributed by atoms with Crippen molar-refractivity contribution in [2.75, 3.05) is 12.4 Å². The molecule has 8 heteroatoms. The summed E-state index contributed by atoms with van der Waals surface area (Å²) in [5, 5.41) is 7.12. The Morgan fingerprint density at radius 1 is 1.30 bits per heavy atom. The molecule has 27 heavy (non-hydrogen) atoms. The van der Waals surface area contributed by atoms with E-state index in [0.717, 1.165) is 11.5 Å². The standard InChI is InChI=1S/C19H24FN5O2/c1-11-8-13(24-27-11)10-22-12-6-7-15(20)14(9-12)19(4)18(2,3)16(26)25(5)17(21)23-19/h6-9,22H,10H2,1-5H3,(H2,21,23). The van der Waals surface area contributed by atoms with Crippen LogP contribution in [0.1, 0.15) is 37.8 Å². The van der Waals surface area contributed by atoms with Gasteiger partial charge in [-0.15, -0.1) is 0 Å². The van der Waals surface area contributed by atoms with Gasteiger partial charge < -0.3 is 15.6 Å². The van der Waals surface area contributed by atoms with Gasteiger partial charge in [0.2, 0.25) is 5.91 Å². The number of aliphatic imine (C=N–C) groups is 1. The van der Waals surface area contributed by atoms with Gasteiger partial charge in [-0.1, -0.05) is 5.16 Å². The van der Waals surface area contributed by atoms with Gasteiger partial charge in [0.15, 0.2) is 5.96 Å². The van der Waals surface area contributed by atoms with Crippen LogP contribution in [0.25, 0.3) is 0 Å². The summed E-state index contributed by atoms with van der Waals surface area (Å²) in [6.45, 7) is 7.47. The van der Waals surface area contributed by atoms with E-state index in [2.05, 4.69) is 15.5 Å². The van der Waals surface area contributed by atoms with Gasteiger partial charge in [-0.05, 0) is 45.9 Å². The summed E-state index contributed by atoms with van der Waals surface area (Å²) in [5.74, 6) is 0.129. The Kier molecular flexibility index (Phi) is 4.45. The second-order valence-electron chi connectivity index (χ2n) is 7.51. The van der Waals surface area contributed by atoms with Crippen LogP contribution in [0.2, 0.25) is 0 Å². The number of guanidine groups is 1. The number of nitrogens with zero attached hydrogens (tertiary/aromatic N) is 3. The van der Waals surface area contributed by atoms with E-state index in [0.29, 0.717) is 17.8 Å². The molecule has 0 bridgehead atoms. The van der Waals surface area contributed by atoms with Gasteiger partial charge in [0.25, 0.3) is 0 Å². The third kappa shape index (κ3) is 3.05. The van der Waals surface area contributed by atoms with E-state index < -0.39 is 16.8 Å². The first-order valence-corrected chi connectivity index (χ1v) is 8.66. The van der Waals surface area contributed by atoms with Crippen molar-refractivity contribution in [3.63, 3.8) is 0 Å². The van der Waals surface area contributed by atoms with Gasteiger partial charge >= 0.3 is 0 Å². The van der Waals surface area contributed by atoms with Crippen molar-refractivity contribution < 1.29 is 13.7 Å². The number of nitrogens with two attached hydrogens (primary N) is 1. The zero-order valence-electron chi connectivity index (χ0n) is 16.1. The Labute approximate surface area is 157 Å². The number of anilines is 1. The number of benzene rings is 1. The predicted molar refractivity (Wildman–Crippen MR) is 100 cm³/mol. The first-order valence-electron chi connectivity index (χ1n) is 8.66. The molecule has 2 aromatic rings. The highest BCUT2D eigenvalue weighted by Crippen LogP contribution is 2.47. The maximum absolute atomic E-state index is 14.8. The molecule has 1 aliphatic rings. The quantitative estimate of drug-likeness (QED) is 0.859. The van der Waals surface area contributed by atoms with Crippen molar-refractivity contribution >= 4 is 17.6 Å². The van der Waals surface area contributed by atoms with Crippen LogP contribution in [0.15, 0.2) is 33.8 Å². The average molecular weight is 373 g/mol. The lowest BCUT2D eigenvalue weighted by molar-refractivity contribution is -0.140. The van der Waals surface area contributed by atoms with Gasteiger partial charge in [0.1, 0.15) is 22.8 Å². The summed E-state index contributed by atoms with van der Waals surface area (Å²) in [6.07, 6.45) is 0. The van der Waals surface area contributed by atoms with Crippen molar-refractivity contribution in [3.8, 4) is 0 Å². The highest BCUT2D eigenvalue weighted by molar-refractivity contribution is 6.01. The van der Waals surface area contributed by atoms with Crippen LogP contribution in [0.4, 0.5) is 10.1 Å². The third-order valence-corrected chi connectivity index (χ3v) is 5.38. The Hall–Kier alpha value is -2.90. The lowest BCUT2D eigenvalue weighted by atomic mass is 9.67. The third-order valence-electron chi connectivity index (χ3n) is 5.38. The van der Waals surface area contributed by atoms with Gasteiger partial charge in [-0.3, -0.25) is 9.69 Å². The Morgan fingerprint density at radius 3 is 2.63 bits per heavy atom. The van der Waals surface area contributed by atoms with E-state index in [1.54, 1.807) is 40.0 Å². The summed E-state index contributed by atoms with van der Waals surface area (Å²) in [6, 6.07) is 6.48. The van der Waals surface area contributed by atoms with E-state index in [4.69, 9.17) is 10.3 Å². The molecule has 144 valence electrons. The molecule has 0 radical (unpaired) electrons. The van der Waals surface area contributed by atoms with Crippen LogP contribution in [0, 0.1) is 18.2 Å². The number of aryl methyl sites for hydroxylation is 1. The van der Waals surface area contributed by atoms with E-state index in [-0.39, 0.29) is 11.9 Å². The van der Waals surface area contributed by atoms with Crippen molar-refractivity contribution in [3.05, 3.63) is 47.1 Å². The fourth-order valence-electron chi connectivity index (χ4n) is 3.27. The van der Waals surface area contributed by atoms with E-state index in [9.17, 15) is 9.18 Å². The summed E-state index contributed by atoms with van der Waals surface area (Å²) in [5.41, 5.74) is 5.53. The first kappa shape index (κ1) is 18.9. The molecule has 0 fully saturated rings. The van der Waals surface area contributed by atoms with Gasteiger partial charge in [-0.25, -0.2) is 9.38 Å². The number of rotatable bonds is 4. The van der Waals surface area contributed by atoms with Crippen LogP contribution >= 0.6 is 0 Å². The lowest BCUT2D eigenvalue weighted by Gasteiger charge is -2.46. The average Bonchev–Trinajstić information content (AvgIpc) is 3.03. The van der Waals surface area contributed by atoms with Crippen molar-refractivity contribution in [2.24, 2.45) is 16.1 Å². The molecule has 1 aromatic heterocycles. The van der Waals surface area contributed by atoms with Crippen LogP contribution in [0.5, 0.6) is 0 Å². The van der Waals surface area contributed by atoms with E-state index in [1.165, 1.54) is 11.0 Å². The fraction of sp³-hybridized carbons (Fsp3) is 0.421. The largest absolute Gasteiger partial charge is 0.379 e. The van der Waals surface area contributed by atoms with E-state index in [1.807, 2.05) is 13.0 Å². The molecule has 3 rings (SSSR count). The van der Waals surface area contributed by atoms with Crippen molar-refractivity contribution in [1.29, 1.82) is 0 Å². The number of carbonyl (C=O) groups is 1. The smallest absolute Gasteiger partial charge is 0.237 e. The summed E-state index contributed by atoms with van der Waals surface area (Å²) >= 11 is 0. The normalized spacial score (nSPS) is 21.9. The second-order valence-corrected chi connectivity index (χ2v) is 7.51. The molecule has 1 aromatic carbocycles. The molecule has 0 aliphatic carbocycles. The van der Waals surface area contributed by atoms with Gasteiger partial charge in [-0.2, -0.15) is 0 Å². The zero-order chi connectivity index (χ0) is 20.0. The Morgan fingerprint density at radius 2 is 2.00 bits per heavy atom. The molecule has 1 amide bonds. The number of carbonyl (C=O) groups excluding carboxylic acids is 1. The summed E-state index contributed by atoms with van der Waals surface area (Å²) < 4.78 is 19.8. The van der Waals surface area contributed by atoms with Gasteiger partial charge in [0, 0.05) is 24.4 Å². The SMILES string of the molecule is Cc1cc(CNc2ccc(F)c(C3(C)N=C(N)N(C)C(=O)C3(C)C)c2)no1. The highest BCUT2D eigenvalue weighted by Gasteiger charge is 2.53. The molecule has 2 heterocycles. The molecule has 1 aliphatic heterocycles. The monoisotopic (exact) mass is 373 g/mol. The highest BCUT2D eigenvalue weighted by atomic mass is 19.1.